The lowest BCUT2D eigenvalue weighted by Crippen LogP contribution is -2.45. The first-order valence-electron chi connectivity index (χ1n) is 15.7. The Morgan fingerprint density at radius 3 is 1.37 bits per heavy atom. The first-order valence-corrected chi connectivity index (χ1v) is 15.7. The van der Waals surface area contributed by atoms with Crippen molar-refractivity contribution in [2.75, 3.05) is 11.5 Å². The van der Waals surface area contributed by atoms with Gasteiger partial charge in [-0.25, -0.2) is 4.90 Å². The summed E-state index contributed by atoms with van der Waals surface area (Å²) in [4.78, 5) is 47.5. The smallest absolute Gasteiger partial charge is 0.239 e. The molecule has 5 aromatic rings. The van der Waals surface area contributed by atoms with Crippen LogP contribution in [0.3, 0.4) is 0 Å². The van der Waals surface area contributed by atoms with Crippen LogP contribution in [-0.4, -0.2) is 24.2 Å². The second-order valence-electron chi connectivity index (χ2n) is 12.0. The molecular formula is C41H31NO4. The number of Topliss-reactive ketones (excluding diaryl/α,β-unsaturated/α-hetero) is 1. The number of carbonyl (C=O) groups excluding carboxylic acids is 3. The van der Waals surface area contributed by atoms with E-state index in [1.165, 1.54) is 4.90 Å². The van der Waals surface area contributed by atoms with Gasteiger partial charge in [0.05, 0.1) is 35.0 Å². The Morgan fingerprint density at radius 2 is 0.935 bits per heavy atom. The Hall–Kier alpha value is -5.55. The van der Waals surface area contributed by atoms with E-state index in [1.54, 1.807) is 18.2 Å². The van der Waals surface area contributed by atoms with E-state index in [0.29, 0.717) is 29.2 Å². The van der Waals surface area contributed by atoms with Crippen molar-refractivity contribution in [3.8, 4) is 5.75 Å². The second-order valence-corrected chi connectivity index (χ2v) is 12.0. The van der Waals surface area contributed by atoms with Crippen molar-refractivity contribution in [2.45, 2.75) is 17.8 Å². The lowest BCUT2D eigenvalue weighted by Gasteiger charge is -2.39. The Bertz CT molecular complexity index is 1900. The van der Waals surface area contributed by atoms with Crippen LogP contribution in [0.1, 0.15) is 29.2 Å². The molecule has 5 heteroatoms. The van der Waals surface area contributed by atoms with Crippen LogP contribution >= 0.6 is 0 Å². The molecule has 5 aromatic carbocycles. The Kier molecular flexibility index (Phi) is 6.40. The molecule has 1 saturated heterocycles. The summed E-state index contributed by atoms with van der Waals surface area (Å²) in [6, 6.07) is 46.1. The Morgan fingerprint density at radius 1 is 0.543 bits per heavy atom. The number of rotatable bonds is 7. The monoisotopic (exact) mass is 601 g/mol. The van der Waals surface area contributed by atoms with E-state index in [1.807, 2.05) is 134 Å². The van der Waals surface area contributed by atoms with Gasteiger partial charge in [0, 0.05) is 0 Å². The van der Waals surface area contributed by atoms with Crippen LogP contribution in [0.4, 0.5) is 5.69 Å². The van der Waals surface area contributed by atoms with E-state index in [0.717, 1.165) is 22.3 Å². The number of allylic oxidation sites excluding steroid dienone is 2. The number of imide groups is 1. The van der Waals surface area contributed by atoms with Crippen molar-refractivity contribution >= 4 is 34.4 Å². The van der Waals surface area contributed by atoms with Gasteiger partial charge in [0.15, 0.2) is 5.78 Å². The molecule has 8 rings (SSSR count). The van der Waals surface area contributed by atoms with Gasteiger partial charge < -0.3 is 4.74 Å². The number of nitrogens with zero attached hydrogens (tertiary/aromatic N) is 1. The maximum atomic E-state index is 15.9. The molecule has 1 saturated carbocycles. The minimum absolute atomic E-state index is 0.135. The summed E-state index contributed by atoms with van der Waals surface area (Å²) in [7, 11) is 0. The summed E-state index contributed by atoms with van der Waals surface area (Å²) in [6.07, 6.45) is 0. The number of ketones is 1. The van der Waals surface area contributed by atoms with Crippen LogP contribution in [0.5, 0.6) is 5.75 Å². The van der Waals surface area contributed by atoms with Crippen molar-refractivity contribution in [1.29, 1.82) is 0 Å². The quantitative estimate of drug-likeness (QED) is 0.184. The van der Waals surface area contributed by atoms with Crippen LogP contribution in [-0.2, 0) is 25.2 Å². The standard InChI is InChI=1S/C41H31NO4/c1-2-46-32-26-16-15-25-31(32)42-37(43)35-36(38(42)44)41(30-23-13-6-14-24-30)34(28-19-9-4-10-20-28)33(27-17-7-3-8-18-27)40(35,39(41)45)29-21-11-5-12-22-29/h3-26,35-36H,2H2,1H3/t35-,36-,40+,41+/m1/s1. The first kappa shape index (κ1) is 28.0. The van der Waals surface area contributed by atoms with E-state index >= 15 is 14.4 Å². The number of ether oxygens (including phenoxy) is 1. The average molecular weight is 602 g/mol. The number of hydrogen-bond acceptors (Lipinski definition) is 4. The molecule has 2 aliphatic carbocycles. The summed E-state index contributed by atoms with van der Waals surface area (Å²) in [5.41, 5.74) is 2.20. The zero-order valence-corrected chi connectivity index (χ0v) is 25.3. The van der Waals surface area contributed by atoms with Crippen LogP contribution < -0.4 is 9.64 Å². The summed E-state index contributed by atoms with van der Waals surface area (Å²) < 4.78 is 5.94. The fourth-order valence-electron chi connectivity index (χ4n) is 8.49. The maximum Gasteiger partial charge on any atom is 0.239 e. The molecule has 0 N–H and O–H groups in total. The van der Waals surface area contributed by atoms with Crippen LogP contribution in [0.15, 0.2) is 146 Å². The predicted molar refractivity (Wildman–Crippen MR) is 178 cm³/mol. The van der Waals surface area contributed by atoms with Crippen LogP contribution in [0.25, 0.3) is 11.1 Å². The summed E-state index contributed by atoms with van der Waals surface area (Å²) in [6.45, 7) is 2.24. The number of carbonyl (C=O) groups is 3. The molecule has 224 valence electrons. The number of anilines is 1. The highest BCUT2D eigenvalue weighted by Gasteiger charge is 2.82. The molecule has 2 fully saturated rings. The normalized spacial score (nSPS) is 24.9. The molecule has 0 aromatic heterocycles. The molecule has 4 atom stereocenters. The van der Waals surface area contributed by atoms with Gasteiger partial charge in [0.25, 0.3) is 0 Å². The molecule has 0 unspecified atom stereocenters. The van der Waals surface area contributed by atoms with Crippen molar-refractivity contribution in [3.05, 3.63) is 168 Å². The summed E-state index contributed by atoms with van der Waals surface area (Å²) in [5.74, 6) is -2.42. The Balaban J connectivity index is 1.54. The van der Waals surface area contributed by atoms with Crippen LogP contribution in [0.2, 0.25) is 0 Å². The molecule has 3 aliphatic rings. The zero-order chi connectivity index (χ0) is 31.5. The molecule has 5 nitrogen and oxygen atoms in total. The summed E-state index contributed by atoms with van der Waals surface area (Å²) >= 11 is 0. The molecule has 46 heavy (non-hydrogen) atoms. The van der Waals surface area contributed by atoms with Crippen molar-refractivity contribution < 1.29 is 19.1 Å². The Labute approximate surface area is 267 Å². The number of para-hydroxylation sites is 2. The van der Waals surface area contributed by atoms with Crippen molar-refractivity contribution in [2.24, 2.45) is 11.8 Å². The molecule has 2 amide bonds. The maximum absolute atomic E-state index is 15.9. The van der Waals surface area contributed by atoms with Gasteiger partial charge in [-0.05, 0) is 52.5 Å². The first-order chi connectivity index (χ1) is 22.6. The molecular weight excluding hydrogens is 570 g/mol. The number of hydrogen-bond donors (Lipinski definition) is 0. The fourth-order valence-corrected chi connectivity index (χ4v) is 8.49. The SMILES string of the molecule is CCOc1ccccc1N1C(=O)[C@H]2[C@H](C1=O)[C@@]1(c3ccccc3)C(=O)[C@@]2(c2ccccc2)C(c2ccccc2)=C1c1ccccc1. The third kappa shape index (κ3) is 3.48. The third-order valence-corrected chi connectivity index (χ3v) is 9.98. The molecule has 1 heterocycles. The highest BCUT2D eigenvalue weighted by Crippen LogP contribution is 2.74. The minimum atomic E-state index is -1.43. The second kappa shape index (κ2) is 10.5. The summed E-state index contributed by atoms with van der Waals surface area (Å²) in [5, 5.41) is 0. The lowest BCUT2D eigenvalue weighted by atomic mass is 9.59. The predicted octanol–water partition coefficient (Wildman–Crippen LogP) is 7.27. The van der Waals surface area contributed by atoms with E-state index in [4.69, 9.17) is 4.74 Å². The van der Waals surface area contributed by atoms with Gasteiger partial charge >= 0.3 is 0 Å². The third-order valence-electron chi connectivity index (χ3n) is 9.98. The molecule has 2 bridgehead atoms. The van der Waals surface area contributed by atoms with Gasteiger partial charge in [-0.2, -0.15) is 0 Å². The molecule has 1 aliphatic heterocycles. The molecule has 0 spiro atoms. The highest BCUT2D eigenvalue weighted by atomic mass is 16.5. The zero-order valence-electron chi connectivity index (χ0n) is 25.3. The minimum Gasteiger partial charge on any atom is -0.492 e. The topological polar surface area (TPSA) is 63.7 Å². The molecule has 0 radical (unpaired) electrons. The van der Waals surface area contributed by atoms with Gasteiger partial charge in [-0.1, -0.05) is 133 Å². The van der Waals surface area contributed by atoms with Crippen molar-refractivity contribution in [3.63, 3.8) is 0 Å². The van der Waals surface area contributed by atoms with E-state index < -0.39 is 34.5 Å². The lowest BCUT2D eigenvalue weighted by molar-refractivity contribution is -0.130. The van der Waals surface area contributed by atoms with E-state index in [2.05, 4.69) is 0 Å². The van der Waals surface area contributed by atoms with E-state index in [9.17, 15) is 0 Å². The van der Waals surface area contributed by atoms with Gasteiger partial charge in [0.2, 0.25) is 11.8 Å². The van der Waals surface area contributed by atoms with Gasteiger partial charge in [-0.3, -0.25) is 14.4 Å². The largest absolute Gasteiger partial charge is 0.492 e. The van der Waals surface area contributed by atoms with Gasteiger partial charge in [-0.15, -0.1) is 0 Å². The highest BCUT2D eigenvalue weighted by molar-refractivity contribution is 6.39. The number of fused-ring (bicyclic) bond motifs is 5. The number of benzene rings is 5. The van der Waals surface area contributed by atoms with Crippen molar-refractivity contribution in [1.82, 2.24) is 0 Å². The van der Waals surface area contributed by atoms with Crippen LogP contribution in [0, 0.1) is 11.8 Å². The number of amides is 2. The van der Waals surface area contributed by atoms with Gasteiger partial charge in [0.1, 0.15) is 5.75 Å². The fraction of sp³-hybridized carbons (Fsp3) is 0.146. The van der Waals surface area contributed by atoms with E-state index in [-0.39, 0.29) is 5.78 Å². The average Bonchev–Trinajstić information content (AvgIpc) is 3.62.